The minimum atomic E-state index is -0.506. The summed E-state index contributed by atoms with van der Waals surface area (Å²) in [6.45, 7) is 3.78. The van der Waals surface area contributed by atoms with Crippen molar-refractivity contribution in [3.63, 3.8) is 0 Å². The molecule has 0 atom stereocenters. The molecule has 1 aromatic rings. The van der Waals surface area contributed by atoms with Crippen molar-refractivity contribution in [2.75, 3.05) is 0 Å². The van der Waals surface area contributed by atoms with E-state index in [2.05, 4.69) is 0 Å². The molecule has 1 aromatic carbocycles. The van der Waals surface area contributed by atoms with Gasteiger partial charge in [-0.1, -0.05) is 42.8 Å². The van der Waals surface area contributed by atoms with Crippen molar-refractivity contribution in [1.29, 1.82) is 0 Å². The Bertz CT molecular complexity index is 473. The first-order chi connectivity index (χ1) is 8.54. The summed E-state index contributed by atoms with van der Waals surface area (Å²) in [4.78, 5) is 11.3. The predicted molar refractivity (Wildman–Crippen MR) is 73.0 cm³/mol. The van der Waals surface area contributed by atoms with E-state index in [0.717, 1.165) is 17.6 Å². The lowest BCUT2D eigenvalue weighted by atomic mass is 10.0. The molecule has 0 unspecified atom stereocenters. The number of aliphatic hydroxyl groups is 1. The predicted octanol–water partition coefficient (Wildman–Crippen LogP) is 2.88. The molecule has 0 heterocycles. The maximum Gasteiger partial charge on any atom is 0.248 e. The van der Waals surface area contributed by atoms with Crippen LogP contribution in [-0.4, -0.2) is 11.0 Å². The molecular formula is C15H19NO2. The molecule has 0 radical (unpaired) electrons. The third kappa shape index (κ3) is 4.09. The Morgan fingerprint density at radius 1 is 1.33 bits per heavy atom. The lowest BCUT2D eigenvalue weighted by molar-refractivity contribution is -0.114. The van der Waals surface area contributed by atoms with Crippen molar-refractivity contribution in [3.05, 3.63) is 58.9 Å². The number of carbonyl (C=O) groups is 1. The molecule has 0 aliphatic rings. The second-order valence-electron chi connectivity index (χ2n) is 4.21. The SMILES string of the molecule is CC/C(C)=C(/C=C(\O)Cc1ccccc1)C(N)=O. The molecular weight excluding hydrogens is 226 g/mol. The number of carbonyl (C=O) groups excluding carboxylic acids is 1. The van der Waals surface area contributed by atoms with E-state index >= 15 is 0 Å². The van der Waals surface area contributed by atoms with Crippen molar-refractivity contribution < 1.29 is 9.90 Å². The van der Waals surface area contributed by atoms with Crippen LogP contribution < -0.4 is 5.73 Å². The van der Waals surface area contributed by atoms with Crippen molar-refractivity contribution in [2.24, 2.45) is 5.73 Å². The van der Waals surface area contributed by atoms with E-state index in [4.69, 9.17) is 5.73 Å². The zero-order valence-electron chi connectivity index (χ0n) is 10.8. The molecule has 3 nitrogen and oxygen atoms in total. The maximum atomic E-state index is 11.3. The number of amides is 1. The third-order valence-corrected chi connectivity index (χ3v) is 2.79. The molecule has 1 amide bonds. The van der Waals surface area contributed by atoms with E-state index in [1.807, 2.05) is 44.2 Å². The van der Waals surface area contributed by atoms with Crippen LogP contribution in [0, 0.1) is 0 Å². The van der Waals surface area contributed by atoms with Crippen LogP contribution >= 0.6 is 0 Å². The molecule has 0 bridgehead atoms. The number of primary amides is 1. The van der Waals surface area contributed by atoms with E-state index in [1.165, 1.54) is 6.08 Å². The van der Waals surface area contributed by atoms with Gasteiger partial charge in [0, 0.05) is 12.0 Å². The highest BCUT2D eigenvalue weighted by Gasteiger charge is 2.07. The van der Waals surface area contributed by atoms with Gasteiger partial charge in [-0.2, -0.15) is 0 Å². The Labute approximate surface area is 108 Å². The Hall–Kier alpha value is -2.03. The molecule has 0 saturated carbocycles. The van der Waals surface area contributed by atoms with Gasteiger partial charge in [0.05, 0.1) is 5.76 Å². The molecule has 96 valence electrons. The first-order valence-corrected chi connectivity index (χ1v) is 5.97. The van der Waals surface area contributed by atoms with Gasteiger partial charge in [0.25, 0.3) is 0 Å². The van der Waals surface area contributed by atoms with Crippen LogP contribution in [0.5, 0.6) is 0 Å². The lowest BCUT2D eigenvalue weighted by Crippen LogP contribution is -2.14. The lowest BCUT2D eigenvalue weighted by Gasteiger charge is -2.05. The van der Waals surface area contributed by atoms with Crippen LogP contribution in [0.25, 0.3) is 0 Å². The molecule has 3 N–H and O–H groups in total. The highest BCUT2D eigenvalue weighted by molar-refractivity contribution is 5.95. The summed E-state index contributed by atoms with van der Waals surface area (Å²) >= 11 is 0. The van der Waals surface area contributed by atoms with Crippen molar-refractivity contribution >= 4 is 5.91 Å². The van der Waals surface area contributed by atoms with Gasteiger partial charge in [-0.25, -0.2) is 0 Å². The molecule has 0 spiro atoms. The van der Waals surface area contributed by atoms with Gasteiger partial charge in [0.2, 0.25) is 5.91 Å². The quantitative estimate of drug-likeness (QED) is 0.476. The van der Waals surface area contributed by atoms with E-state index in [-0.39, 0.29) is 5.76 Å². The van der Waals surface area contributed by atoms with E-state index in [0.29, 0.717) is 12.0 Å². The molecule has 18 heavy (non-hydrogen) atoms. The largest absolute Gasteiger partial charge is 0.512 e. The first kappa shape index (κ1) is 14.0. The third-order valence-electron chi connectivity index (χ3n) is 2.79. The average molecular weight is 245 g/mol. The van der Waals surface area contributed by atoms with E-state index in [1.54, 1.807) is 0 Å². The number of benzene rings is 1. The fourth-order valence-corrected chi connectivity index (χ4v) is 1.62. The fraction of sp³-hybridized carbons (Fsp3) is 0.267. The number of allylic oxidation sites excluding steroid dienone is 2. The molecule has 0 aliphatic carbocycles. The van der Waals surface area contributed by atoms with Gasteiger partial charge in [0.15, 0.2) is 0 Å². The van der Waals surface area contributed by atoms with Crippen LogP contribution in [0.4, 0.5) is 0 Å². The zero-order valence-corrected chi connectivity index (χ0v) is 10.8. The fourth-order valence-electron chi connectivity index (χ4n) is 1.62. The maximum absolute atomic E-state index is 11.3. The van der Waals surface area contributed by atoms with Crippen LogP contribution in [0.15, 0.2) is 53.3 Å². The monoisotopic (exact) mass is 245 g/mol. The van der Waals surface area contributed by atoms with E-state index in [9.17, 15) is 9.90 Å². The Balaban J connectivity index is 2.91. The summed E-state index contributed by atoms with van der Waals surface area (Å²) in [5.74, 6) is -0.364. The standard InChI is InChI=1S/C15H19NO2/c1-3-11(2)14(15(16)18)10-13(17)9-12-7-5-4-6-8-12/h4-8,10,17H,3,9H2,1-2H3,(H2,16,18)/b13-10-,14-11-. The molecule has 3 heteroatoms. The zero-order chi connectivity index (χ0) is 13.5. The highest BCUT2D eigenvalue weighted by Crippen LogP contribution is 2.13. The molecule has 0 aliphatic heterocycles. The highest BCUT2D eigenvalue weighted by atomic mass is 16.3. The minimum absolute atomic E-state index is 0.141. The normalized spacial score (nSPS) is 13.1. The van der Waals surface area contributed by atoms with Gasteiger partial charge >= 0.3 is 0 Å². The summed E-state index contributed by atoms with van der Waals surface area (Å²) in [5, 5.41) is 9.89. The number of hydrogen-bond donors (Lipinski definition) is 2. The molecule has 0 fully saturated rings. The molecule has 0 saturated heterocycles. The number of hydrogen-bond acceptors (Lipinski definition) is 2. The van der Waals surface area contributed by atoms with Crippen molar-refractivity contribution in [1.82, 2.24) is 0 Å². The Morgan fingerprint density at radius 3 is 2.44 bits per heavy atom. The van der Waals surface area contributed by atoms with Crippen LogP contribution in [-0.2, 0) is 11.2 Å². The Morgan fingerprint density at radius 2 is 1.94 bits per heavy atom. The van der Waals surface area contributed by atoms with Crippen LogP contribution in [0.3, 0.4) is 0 Å². The number of rotatable bonds is 5. The molecule has 0 aromatic heterocycles. The second kappa shape index (κ2) is 6.64. The summed E-state index contributed by atoms with van der Waals surface area (Å²) in [6.07, 6.45) is 2.59. The number of aliphatic hydroxyl groups excluding tert-OH is 1. The van der Waals surface area contributed by atoms with Crippen molar-refractivity contribution in [3.8, 4) is 0 Å². The van der Waals surface area contributed by atoms with Crippen LogP contribution in [0.2, 0.25) is 0 Å². The van der Waals surface area contributed by atoms with E-state index < -0.39 is 5.91 Å². The van der Waals surface area contributed by atoms with Gasteiger partial charge in [0.1, 0.15) is 0 Å². The summed E-state index contributed by atoms with van der Waals surface area (Å²) in [6, 6.07) is 9.57. The van der Waals surface area contributed by atoms with Gasteiger partial charge in [-0.15, -0.1) is 0 Å². The van der Waals surface area contributed by atoms with Crippen molar-refractivity contribution in [2.45, 2.75) is 26.7 Å². The van der Waals surface area contributed by atoms with Crippen LogP contribution in [0.1, 0.15) is 25.8 Å². The van der Waals surface area contributed by atoms with Gasteiger partial charge in [-0.3, -0.25) is 4.79 Å². The Kier molecular flexibility index (Phi) is 5.18. The summed E-state index contributed by atoms with van der Waals surface area (Å²) in [5.41, 5.74) is 7.56. The molecule has 1 rings (SSSR count). The first-order valence-electron chi connectivity index (χ1n) is 5.97. The summed E-state index contributed by atoms with van der Waals surface area (Å²) in [7, 11) is 0. The smallest absolute Gasteiger partial charge is 0.248 e. The minimum Gasteiger partial charge on any atom is -0.512 e. The van der Waals surface area contributed by atoms with Gasteiger partial charge < -0.3 is 10.8 Å². The second-order valence-corrected chi connectivity index (χ2v) is 4.21. The number of nitrogens with two attached hydrogens (primary N) is 1. The average Bonchev–Trinajstić information content (AvgIpc) is 2.36. The summed E-state index contributed by atoms with van der Waals surface area (Å²) < 4.78 is 0. The topological polar surface area (TPSA) is 63.3 Å². The van der Waals surface area contributed by atoms with Gasteiger partial charge in [-0.05, 0) is 25.0 Å².